The Balaban J connectivity index is 2.24. The summed E-state index contributed by atoms with van der Waals surface area (Å²) < 4.78 is 0. The van der Waals surface area contributed by atoms with Crippen molar-refractivity contribution in [1.29, 1.82) is 0 Å². The summed E-state index contributed by atoms with van der Waals surface area (Å²) in [4.78, 5) is 4.40. The van der Waals surface area contributed by atoms with Gasteiger partial charge in [0.1, 0.15) is 0 Å². The molecule has 1 rings (SSSR count). The van der Waals surface area contributed by atoms with Crippen molar-refractivity contribution in [2.24, 2.45) is 4.99 Å². The Bertz CT molecular complexity index is 140. The Labute approximate surface area is 66.6 Å². The van der Waals surface area contributed by atoms with Crippen LogP contribution in [0.25, 0.3) is 0 Å². The maximum atomic E-state index is 4.40. The third kappa shape index (κ3) is 2.56. The molecule has 0 amide bonds. The topological polar surface area (TPSA) is 12.4 Å². The van der Waals surface area contributed by atoms with E-state index in [4.69, 9.17) is 0 Å². The van der Waals surface area contributed by atoms with Crippen LogP contribution in [0.2, 0.25) is 0 Å². The second-order valence-electron chi connectivity index (χ2n) is 2.33. The zero-order chi connectivity index (χ0) is 7.23. The highest BCUT2D eigenvalue weighted by Crippen LogP contribution is 2.15. The molecule has 1 heterocycles. The average molecular weight is 155 g/mol. The van der Waals surface area contributed by atoms with E-state index in [0.29, 0.717) is 0 Å². The normalized spacial score (nSPS) is 18.2. The van der Waals surface area contributed by atoms with Gasteiger partial charge in [-0.2, -0.15) is 0 Å². The first kappa shape index (κ1) is 7.86. The molecule has 2 heteroatoms. The molecule has 10 heavy (non-hydrogen) atoms. The molecule has 0 spiro atoms. The molecule has 0 aromatic rings. The van der Waals surface area contributed by atoms with Gasteiger partial charge in [0, 0.05) is 12.3 Å². The number of rotatable bonds is 2. The van der Waals surface area contributed by atoms with E-state index in [-0.39, 0.29) is 0 Å². The van der Waals surface area contributed by atoms with Crippen molar-refractivity contribution in [3.8, 4) is 0 Å². The van der Waals surface area contributed by atoms with Crippen molar-refractivity contribution in [3.05, 3.63) is 12.7 Å². The van der Waals surface area contributed by atoms with Crippen LogP contribution in [0.4, 0.5) is 0 Å². The smallest absolute Gasteiger partial charge is 0.0678 e. The molecule has 0 atom stereocenters. The number of hydrogen-bond acceptors (Lipinski definition) is 2. The molecule has 1 aliphatic rings. The Hall–Kier alpha value is -0.240. The van der Waals surface area contributed by atoms with Crippen LogP contribution in [0.15, 0.2) is 17.6 Å². The molecule has 0 aliphatic carbocycles. The molecular formula is C8H13NS. The summed E-state index contributed by atoms with van der Waals surface area (Å²) in [5, 5.41) is 1.33. The molecule has 0 saturated heterocycles. The molecule has 0 aromatic carbocycles. The number of aliphatic imine (C=N–C) groups is 1. The van der Waals surface area contributed by atoms with Crippen LogP contribution < -0.4 is 0 Å². The summed E-state index contributed by atoms with van der Waals surface area (Å²) in [6, 6.07) is 0. The molecule has 0 aromatic heterocycles. The summed E-state index contributed by atoms with van der Waals surface area (Å²) in [5.74, 6) is 1.01. The molecule has 0 N–H and O–H groups in total. The number of nitrogens with zero attached hydrogens (tertiary/aromatic N) is 1. The van der Waals surface area contributed by atoms with Gasteiger partial charge in [0.05, 0.1) is 5.04 Å². The second kappa shape index (κ2) is 4.56. The van der Waals surface area contributed by atoms with E-state index in [2.05, 4.69) is 11.6 Å². The van der Waals surface area contributed by atoms with Crippen molar-refractivity contribution in [2.45, 2.75) is 19.3 Å². The monoisotopic (exact) mass is 155 g/mol. The lowest BCUT2D eigenvalue weighted by atomic mass is 10.2. The van der Waals surface area contributed by atoms with E-state index < -0.39 is 0 Å². The lowest BCUT2D eigenvalue weighted by Crippen LogP contribution is -2.01. The van der Waals surface area contributed by atoms with E-state index in [1.54, 1.807) is 0 Å². The van der Waals surface area contributed by atoms with Gasteiger partial charge in [-0.1, -0.05) is 6.08 Å². The van der Waals surface area contributed by atoms with Gasteiger partial charge in [0.25, 0.3) is 0 Å². The van der Waals surface area contributed by atoms with Crippen LogP contribution in [0.5, 0.6) is 0 Å². The molecule has 0 saturated carbocycles. The minimum absolute atomic E-state index is 1.01. The largest absolute Gasteiger partial charge is 0.283 e. The first-order chi connectivity index (χ1) is 4.93. The summed E-state index contributed by atoms with van der Waals surface area (Å²) in [7, 11) is 0. The quantitative estimate of drug-likeness (QED) is 0.558. The fourth-order valence-electron chi connectivity index (χ4n) is 0.944. The van der Waals surface area contributed by atoms with Gasteiger partial charge in [-0.15, -0.1) is 18.3 Å². The number of thioether (sulfide) groups is 1. The van der Waals surface area contributed by atoms with Crippen LogP contribution in [-0.2, 0) is 0 Å². The maximum absolute atomic E-state index is 4.40. The molecule has 0 radical (unpaired) electrons. The molecule has 0 unspecified atom stereocenters. The first-order valence-electron chi connectivity index (χ1n) is 3.70. The number of hydrogen-bond donors (Lipinski definition) is 0. The minimum atomic E-state index is 1.01. The van der Waals surface area contributed by atoms with E-state index in [0.717, 1.165) is 12.3 Å². The van der Waals surface area contributed by atoms with Gasteiger partial charge in [-0.3, -0.25) is 4.99 Å². The van der Waals surface area contributed by atoms with Gasteiger partial charge < -0.3 is 0 Å². The third-order valence-electron chi connectivity index (χ3n) is 1.45. The van der Waals surface area contributed by atoms with Crippen LogP contribution in [0.3, 0.4) is 0 Å². The Kier molecular flexibility index (Phi) is 3.58. The van der Waals surface area contributed by atoms with E-state index in [1.807, 2.05) is 17.8 Å². The maximum Gasteiger partial charge on any atom is 0.0678 e. The van der Waals surface area contributed by atoms with Crippen molar-refractivity contribution < 1.29 is 0 Å². The van der Waals surface area contributed by atoms with Crippen molar-refractivity contribution in [1.82, 2.24) is 0 Å². The van der Waals surface area contributed by atoms with Crippen LogP contribution in [0, 0.1) is 0 Å². The molecular weight excluding hydrogens is 142 g/mol. The predicted molar refractivity (Wildman–Crippen MR) is 48.8 cm³/mol. The predicted octanol–water partition coefficient (Wildman–Crippen LogP) is 2.49. The van der Waals surface area contributed by atoms with Gasteiger partial charge in [0.15, 0.2) is 0 Å². The Morgan fingerprint density at radius 2 is 2.50 bits per heavy atom. The molecule has 1 aliphatic heterocycles. The highest BCUT2D eigenvalue weighted by molar-refractivity contribution is 8.14. The lowest BCUT2D eigenvalue weighted by Gasteiger charge is -2.09. The van der Waals surface area contributed by atoms with Gasteiger partial charge in [-0.05, 0) is 19.3 Å². The average Bonchev–Trinajstić information content (AvgIpc) is 2.03. The van der Waals surface area contributed by atoms with Crippen LogP contribution in [-0.4, -0.2) is 17.3 Å². The van der Waals surface area contributed by atoms with E-state index in [1.165, 1.54) is 24.3 Å². The Morgan fingerprint density at radius 3 is 3.10 bits per heavy atom. The second-order valence-corrected chi connectivity index (χ2v) is 3.43. The Morgan fingerprint density at radius 1 is 1.60 bits per heavy atom. The lowest BCUT2D eigenvalue weighted by molar-refractivity contribution is 0.745. The van der Waals surface area contributed by atoms with Gasteiger partial charge >= 0.3 is 0 Å². The molecule has 0 fully saturated rings. The van der Waals surface area contributed by atoms with E-state index in [9.17, 15) is 0 Å². The molecule has 56 valence electrons. The van der Waals surface area contributed by atoms with Crippen molar-refractivity contribution >= 4 is 16.8 Å². The third-order valence-corrected chi connectivity index (χ3v) is 2.52. The fraction of sp³-hybridized carbons (Fsp3) is 0.625. The SMILES string of the molecule is C=CCSC1=NCCCC1. The standard InChI is InChI=1S/C8H13NS/c1-2-7-10-8-5-3-4-6-9-8/h2H,1,3-7H2. The van der Waals surface area contributed by atoms with Crippen LogP contribution >= 0.6 is 11.8 Å². The summed E-state index contributed by atoms with van der Waals surface area (Å²) in [6.45, 7) is 4.71. The highest BCUT2D eigenvalue weighted by atomic mass is 32.2. The summed E-state index contributed by atoms with van der Waals surface area (Å²) >= 11 is 1.83. The van der Waals surface area contributed by atoms with Crippen molar-refractivity contribution in [3.63, 3.8) is 0 Å². The zero-order valence-corrected chi connectivity index (χ0v) is 6.99. The molecule has 1 nitrogen and oxygen atoms in total. The fourth-order valence-corrected chi connectivity index (χ4v) is 1.73. The van der Waals surface area contributed by atoms with Gasteiger partial charge in [0.2, 0.25) is 0 Å². The van der Waals surface area contributed by atoms with Crippen molar-refractivity contribution in [2.75, 3.05) is 12.3 Å². The summed E-state index contributed by atoms with van der Waals surface area (Å²) in [5.41, 5.74) is 0. The molecule has 0 bridgehead atoms. The first-order valence-corrected chi connectivity index (χ1v) is 4.69. The van der Waals surface area contributed by atoms with Crippen LogP contribution in [0.1, 0.15) is 19.3 Å². The highest BCUT2D eigenvalue weighted by Gasteiger charge is 2.03. The van der Waals surface area contributed by atoms with E-state index >= 15 is 0 Å². The summed E-state index contributed by atoms with van der Waals surface area (Å²) in [6.07, 6.45) is 5.72. The zero-order valence-electron chi connectivity index (χ0n) is 6.18. The van der Waals surface area contributed by atoms with Gasteiger partial charge in [-0.25, -0.2) is 0 Å². The minimum Gasteiger partial charge on any atom is -0.283 e.